The third-order valence-corrected chi connectivity index (χ3v) is 8.93. The van der Waals surface area contributed by atoms with Crippen LogP contribution in [0.15, 0.2) is 41.3 Å². The number of amides is 1. The van der Waals surface area contributed by atoms with E-state index in [1.165, 1.54) is 6.07 Å². The van der Waals surface area contributed by atoms with Crippen molar-refractivity contribution in [3.63, 3.8) is 0 Å². The Morgan fingerprint density at radius 3 is 2.49 bits per heavy atom. The molecule has 0 spiro atoms. The number of pyridine rings is 1. The van der Waals surface area contributed by atoms with E-state index >= 15 is 0 Å². The number of hydrogen-bond acceptors (Lipinski definition) is 10. The largest absolute Gasteiger partial charge is 0.377 e. The number of fused-ring (bicyclic) bond motifs is 2. The van der Waals surface area contributed by atoms with E-state index in [2.05, 4.69) is 25.2 Å². The van der Waals surface area contributed by atoms with Gasteiger partial charge in [0.1, 0.15) is 22.6 Å². The van der Waals surface area contributed by atoms with Gasteiger partial charge in [-0.2, -0.15) is 0 Å². The van der Waals surface area contributed by atoms with Gasteiger partial charge in [0.25, 0.3) is 11.5 Å². The molecule has 4 aromatic rings. The summed E-state index contributed by atoms with van der Waals surface area (Å²) in [6.07, 6.45) is 2.66. The highest BCUT2D eigenvalue weighted by Crippen LogP contribution is 2.58. The molecule has 14 heteroatoms. The monoisotopic (exact) mass is 622 g/mol. The summed E-state index contributed by atoms with van der Waals surface area (Å²) in [5.41, 5.74) is 2.23. The third-order valence-electron chi connectivity index (χ3n) is 8.16. The number of nitrogens with one attached hydrogen (secondary N) is 2. The molecule has 1 saturated heterocycles. The average Bonchev–Trinajstić information content (AvgIpc) is 3.41. The van der Waals surface area contributed by atoms with Crippen molar-refractivity contribution in [3.05, 3.63) is 80.5 Å². The van der Waals surface area contributed by atoms with Crippen LogP contribution in [-0.4, -0.2) is 58.2 Å². The Kier molecular flexibility index (Phi) is 7.12. The molecule has 1 saturated carbocycles. The molecule has 4 heterocycles. The fraction of sp³-hybridized carbons (Fsp3) is 0.379. The molecular weight excluding hydrogens is 592 g/mol. The first-order valence-corrected chi connectivity index (χ1v) is 16.1. The highest BCUT2D eigenvalue weighted by molar-refractivity contribution is 7.89. The Hall–Kier alpha value is -4.10. The highest BCUT2D eigenvalue weighted by Gasteiger charge is 2.58. The Balaban J connectivity index is 1.33. The van der Waals surface area contributed by atoms with Crippen molar-refractivity contribution >= 4 is 49.9 Å². The maximum Gasteiger partial charge on any atom is 0.285 e. The maximum absolute atomic E-state index is 13.7. The van der Waals surface area contributed by atoms with Crippen molar-refractivity contribution in [1.29, 1.82) is 0 Å². The van der Waals surface area contributed by atoms with Crippen LogP contribution in [0.25, 0.3) is 10.9 Å². The van der Waals surface area contributed by atoms with E-state index in [0.717, 1.165) is 47.9 Å². The van der Waals surface area contributed by atoms with Gasteiger partial charge in [-0.1, -0.05) is 17.7 Å². The molecule has 4 atom stereocenters. The lowest BCUT2D eigenvalue weighted by Gasteiger charge is -2.22. The summed E-state index contributed by atoms with van der Waals surface area (Å²) in [6, 6.07) is 8.36. The van der Waals surface area contributed by atoms with E-state index in [0.29, 0.717) is 22.7 Å². The van der Waals surface area contributed by atoms with E-state index in [1.54, 1.807) is 23.9 Å². The van der Waals surface area contributed by atoms with Gasteiger partial charge < -0.3 is 10.2 Å². The molecule has 2 N–H and O–H groups in total. The number of rotatable bonds is 7. The number of nitrogens with zero attached hydrogens (tertiary/aromatic N) is 6. The van der Waals surface area contributed by atoms with Gasteiger partial charge in [-0.25, -0.2) is 33.1 Å². The van der Waals surface area contributed by atoms with E-state index in [-0.39, 0.29) is 28.0 Å². The van der Waals surface area contributed by atoms with Crippen molar-refractivity contribution in [2.75, 3.05) is 29.6 Å². The Morgan fingerprint density at radius 1 is 1.09 bits per heavy atom. The SMILES string of the molecule is Cc1cc([C@@H](C)Nc2ccc(Cl)nc2C(=O)NS(C)(=O)=O)c2nc(C3[C@H]4CN(c5ccnc(C)n5)C[C@@H]34)n(C)c(=O)c2c1. The van der Waals surface area contributed by atoms with Gasteiger partial charge in [-0.05, 0) is 62.4 Å². The molecule has 3 aromatic heterocycles. The molecule has 1 aliphatic carbocycles. The predicted molar refractivity (Wildman–Crippen MR) is 164 cm³/mol. The second-order valence-corrected chi connectivity index (χ2v) is 13.5. The van der Waals surface area contributed by atoms with E-state index < -0.39 is 22.0 Å². The topological polar surface area (TPSA) is 152 Å². The number of aryl methyl sites for hydroxylation is 2. The van der Waals surface area contributed by atoms with Gasteiger partial charge in [0.15, 0.2) is 5.69 Å². The van der Waals surface area contributed by atoms with Crippen molar-refractivity contribution in [2.45, 2.75) is 32.7 Å². The lowest BCUT2D eigenvalue weighted by atomic mass is 10.0. The number of benzene rings is 1. The van der Waals surface area contributed by atoms with Crippen LogP contribution in [0.4, 0.5) is 11.5 Å². The van der Waals surface area contributed by atoms with Crippen LogP contribution >= 0.6 is 11.6 Å². The molecule has 43 heavy (non-hydrogen) atoms. The van der Waals surface area contributed by atoms with Crippen LogP contribution in [0.1, 0.15) is 52.1 Å². The molecule has 1 amide bonds. The van der Waals surface area contributed by atoms with Crippen LogP contribution < -0.4 is 20.5 Å². The number of anilines is 2. The number of halogens is 1. The summed E-state index contributed by atoms with van der Waals surface area (Å²) in [5, 5.41) is 3.80. The van der Waals surface area contributed by atoms with Gasteiger partial charge in [-0.3, -0.25) is 14.2 Å². The first kappa shape index (κ1) is 29.0. The molecule has 1 unspecified atom stereocenters. The summed E-state index contributed by atoms with van der Waals surface area (Å²) in [7, 11) is -2.05. The Morgan fingerprint density at radius 2 is 1.81 bits per heavy atom. The Labute approximate surface area is 253 Å². The van der Waals surface area contributed by atoms with Crippen LogP contribution in [0.3, 0.4) is 0 Å². The van der Waals surface area contributed by atoms with Crippen molar-refractivity contribution in [1.82, 2.24) is 29.2 Å². The van der Waals surface area contributed by atoms with Crippen LogP contribution in [0, 0.1) is 25.7 Å². The number of carbonyl (C=O) groups is 1. The molecule has 2 aliphatic rings. The fourth-order valence-electron chi connectivity index (χ4n) is 6.17. The zero-order chi connectivity index (χ0) is 30.8. The normalized spacial score (nSPS) is 20.1. The molecule has 0 bridgehead atoms. The quantitative estimate of drug-likeness (QED) is 0.294. The van der Waals surface area contributed by atoms with Crippen LogP contribution in [0.2, 0.25) is 5.15 Å². The smallest absolute Gasteiger partial charge is 0.285 e. The lowest BCUT2D eigenvalue weighted by molar-refractivity contribution is 0.0977. The first-order valence-electron chi connectivity index (χ1n) is 13.8. The zero-order valence-electron chi connectivity index (χ0n) is 24.3. The molecule has 12 nitrogen and oxygen atoms in total. The van der Waals surface area contributed by atoms with Crippen LogP contribution in [0.5, 0.6) is 0 Å². The molecule has 2 fully saturated rings. The molecule has 1 aromatic carbocycles. The third kappa shape index (κ3) is 5.54. The minimum atomic E-state index is -3.83. The number of aromatic nitrogens is 5. The molecule has 1 aliphatic heterocycles. The second-order valence-electron chi connectivity index (χ2n) is 11.4. The summed E-state index contributed by atoms with van der Waals surface area (Å²) in [6.45, 7) is 7.34. The van der Waals surface area contributed by atoms with Gasteiger partial charge in [-0.15, -0.1) is 0 Å². The summed E-state index contributed by atoms with van der Waals surface area (Å²) in [5.74, 6) is 2.39. The molecule has 6 rings (SSSR count). The van der Waals surface area contributed by atoms with Crippen LogP contribution in [-0.2, 0) is 17.1 Å². The summed E-state index contributed by atoms with van der Waals surface area (Å²) >= 11 is 6.04. The molecular formula is C29H31ClN8O4S. The Bertz CT molecular complexity index is 1950. The molecule has 224 valence electrons. The standard InChI is InChI=1S/C29H31ClN8O4S/c1-14-10-17(15(2)32-21-6-7-22(30)34-26(21)28(39)36-43(5,41)42)25-18(11-14)29(40)37(4)27(35-25)24-19-12-38(13-20(19)24)23-8-9-31-16(3)33-23/h6-11,15,19-20,24,32H,12-13H2,1-5H3,(H,36,39)/t15-,19-,20+,24?/m1/s1. The number of sulfonamides is 1. The van der Waals surface area contributed by atoms with Gasteiger partial charge in [0.2, 0.25) is 10.0 Å². The number of hydrogen-bond donors (Lipinski definition) is 2. The summed E-state index contributed by atoms with van der Waals surface area (Å²) in [4.78, 5) is 46.6. The minimum absolute atomic E-state index is 0.0380. The predicted octanol–water partition coefficient (Wildman–Crippen LogP) is 3.10. The minimum Gasteiger partial charge on any atom is -0.377 e. The highest BCUT2D eigenvalue weighted by atomic mass is 35.5. The van der Waals surface area contributed by atoms with Gasteiger partial charge in [0.05, 0.1) is 28.9 Å². The molecule has 0 radical (unpaired) electrons. The summed E-state index contributed by atoms with van der Waals surface area (Å²) < 4.78 is 27.0. The number of carbonyl (C=O) groups excluding carboxylic acids is 1. The van der Waals surface area contributed by atoms with Crippen molar-refractivity contribution in [3.8, 4) is 0 Å². The van der Waals surface area contributed by atoms with Gasteiger partial charge in [0, 0.05) is 37.8 Å². The fourth-order valence-corrected chi connectivity index (χ4v) is 6.75. The van der Waals surface area contributed by atoms with E-state index in [1.807, 2.05) is 43.7 Å². The maximum atomic E-state index is 13.7. The zero-order valence-corrected chi connectivity index (χ0v) is 25.9. The van der Waals surface area contributed by atoms with Crippen molar-refractivity contribution in [2.24, 2.45) is 18.9 Å². The first-order chi connectivity index (χ1) is 20.3. The second kappa shape index (κ2) is 10.6. The van der Waals surface area contributed by atoms with Gasteiger partial charge >= 0.3 is 0 Å². The average molecular weight is 623 g/mol. The number of piperidine rings is 1. The van der Waals surface area contributed by atoms with E-state index in [4.69, 9.17) is 16.6 Å². The van der Waals surface area contributed by atoms with E-state index in [9.17, 15) is 18.0 Å². The lowest BCUT2D eigenvalue weighted by Crippen LogP contribution is -2.31. The van der Waals surface area contributed by atoms with Crippen molar-refractivity contribution < 1.29 is 13.2 Å².